The van der Waals surface area contributed by atoms with E-state index in [0.29, 0.717) is 42.9 Å². The number of methoxy groups -OCH3 is 1. The second-order valence-electron chi connectivity index (χ2n) is 8.77. The summed E-state index contributed by atoms with van der Waals surface area (Å²) in [5.41, 5.74) is 1.61. The standard InChI is InChI=1S/C27H25FN4O5S.3ClH/c1-37-25-5-3-2-4-24(25)31-12-14-32(15-13-31)26-17-22(27(33)34)21-16-19(8-11-23(21)29-26)30-38(35,36)20-9-6-18(28)7-10-20;;;/h2-11,16-17,30H,12-15H2,1H3,(H,33,34);3*1H. The first kappa shape index (κ1) is 33.7. The molecule has 0 amide bonds. The average Bonchev–Trinajstić information content (AvgIpc) is 2.92. The molecule has 0 unspecified atom stereocenters. The van der Waals surface area contributed by atoms with Crippen LogP contribution in [0.15, 0.2) is 77.7 Å². The van der Waals surface area contributed by atoms with Crippen molar-refractivity contribution in [2.45, 2.75) is 4.90 Å². The van der Waals surface area contributed by atoms with Crippen LogP contribution in [0, 0.1) is 5.82 Å². The van der Waals surface area contributed by atoms with Crippen LogP contribution in [0.4, 0.5) is 21.6 Å². The normalized spacial score (nSPS) is 12.9. The number of rotatable bonds is 7. The summed E-state index contributed by atoms with van der Waals surface area (Å²) >= 11 is 0. The fourth-order valence-electron chi connectivity index (χ4n) is 4.51. The first-order chi connectivity index (χ1) is 18.2. The molecule has 0 saturated carbocycles. The van der Waals surface area contributed by atoms with Crippen LogP contribution in [0.25, 0.3) is 10.9 Å². The van der Waals surface area contributed by atoms with Gasteiger partial charge in [0, 0.05) is 37.3 Å². The lowest BCUT2D eigenvalue weighted by molar-refractivity contribution is 0.0699. The molecule has 41 heavy (non-hydrogen) atoms. The molecule has 14 heteroatoms. The van der Waals surface area contributed by atoms with Crippen molar-refractivity contribution in [3.8, 4) is 5.75 Å². The van der Waals surface area contributed by atoms with E-state index in [1.54, 1.807) is 13.2 Å². The van der Waals surface area contributed by atoms with Crippen LogP contribution in [0.5, 0.6) is 5.75 Å². The van der Waals surface area contributed by atoms with Gasteiger partial charge in [0.05, 0.1) is 28.8 Å². The number of carboxylic acids is 1. The molecule has 1 aliphatic rings. The minimum atomic E-state index is -4.00. The van der Waals surface area contributed by atoms with E-state index in [2.05, 4.69) is 14.6 Å². The molecule has 3 aromatic carbocycles. The Morgan fingerprint density at radius 2 is 1.56 bits per heavy atom. The molecule has 0 spiro atoms. The summed E-state index contributed by atoms with van der Waals surface area (Å²) in [4.78, 5) is 21.0. The van der Waals surface area contributed by atoms with Crippen LogP contribution < -0.4 is 19.3 Å². The van der Waals surface area contributed by atoms with E-state index in [9.17, 15) is 22.7 Å². The van der Waals surface area contributed by atoms with E-state index in [0.717, 1.165) is 35.7 Å². The highest BCUT2D eigenvalue weighted by Crippen LogP contribution is 2.31. The van der Waals surface area contributed by atoms with Crippen LogP contribution in [-0.2, 0) is 10.0 Å². The van der Waals surface area contributed by atoms with E-state index in [-0.39, 0.29) is 53.4 Å². The number of fused-ring (bicyclic) bond motifs is 1. The van der Waals surface area contributed by atoms with Gasteiger partial charge in [0.1, 0.15) is 17.4 Å². The van der Waals surface area contributed by atoms with Gasteiger partial charge in [0.2, 0.25) is 0 Å². The number of anilines is 3. The molecule has 1 fully saturated rings. The van der Waals surface area contributed by atoms with Crippen LogP contribution in [0.3, 0.4) is 0 Å². The third-order valence-electron chi connectivity index (χ3n) is 6.43. The molecule has 1 aliphatic heterocycles. The highest BCUT2D eigenvalue weighted by Gasteiger charge is 2.23. The molecule has 5 rings (SSSR count). The average molecular weight is 646 g/mol. The maximum absolute atomic E-state index is 13.2. The second-order valence-corrected chi connectivity index (χ2v) is 10.5. The first-order valence-corrected chi connectivity index (χ1v) is 13.3. The van der Waals surface area contributed by atoms with Gasteiger partial charge in [-0.15, -0.1) is 37.2 Å². The number of nitrogens with zero attached hydrogens (tertiary/aromatic N) is 3. The Balaban J connectivity index is 0.00000196. The number of ether oxygens (including phenoxy) is 1. The molecule has 2 heterocycles. The maximum Gasteiger partial charge on any atom is 0.336 e. The number of carbonyl (C=O) groups is 1. The Labute approximate surface area is 255 Å². The van der Waals surface area contributed by atoms with Crippen molar-refractivity contribution in [2.75, 3.05) is 47.8 Å². The monoisotopic (exact) mass is 644 g/mol. The van der Waals surface area contributed by atoms with E-state index >= 15 is 0 Å². The van der Waals surface area contributed by atoms with Crippen molar-refractivity contribution >= 4 is 81.3 Å². The highest BCUT2D eigenvalue weighted by molar-refractivity contribution is 7.92. The number of para-hydroxylation sites is 2. The Bertz CT molecular complexity index is 1620. The Hall–Kier alpha value is -3.51. The largest absolute Gasteiger partial charge is 0.495 e. The van der Waals surface area contributed by atoms with Gasteiger partial charge in [-0.1, -0.05) is 12.1 Å². The molecular formula is C27H28Cl3FN4O5S. The van der Waals surface area contributed by atoms with E-state index in [1.807, 2.05) is 29.2 Å². The summed E-state index contributed by atoms with van der Waals surface area (Å²) in [7, 11) is -2.36. The predicted octanol–water partition coefficient (Wildman–Crippen LogP) is 5.47. The molecule has 0 atom stereocenters. The third kappa shape index (κ3) is 7.23. The van der Waals surface area contributed by atoms with Crippen LogP contribution in [0.1, 0.15) is 10.4 Å². The molecule has 220 valence electrons. The van der Waals surface area contributed by atoms with Crippen LogP contribution in [-0.4, -0.2) is 57.8 Å². The summed E-state index contributed by atoms with van der Waals surface area (Å²) < 4.78 is 46.5. The predicted molar refractivity (Wildman–Crippen MR) is 165 cm³/mol. The van der Waals surface area contributed by atoms with Crippen molar-refractivity contribution < 1.29 is 27.4 Å². The number of nitrogens with one attached hydrogen (secondary N) is 1. The molecule has 2 N–H and O–H groups in total. The first-order valence-electron chi connectivity index (χ1n) is 11.8. The molecule has 1 saturated heterocycles. The second kappa shape index (κ2) is 13.9. The highest BCUT2D eigenvalue weighted by atomic mass is 35.5. The number of carboxylic acid groups (broad SMARTS) is 1. The number of pyridine rings is 1. The number of aromatic carboxylic acids is 1. The summed E-state index contributed by atoms with van der Waals surface area (Å²) in [6.07, 6.45) is 0. The SMILES string of the molecule is COc1ccccc1N1CCN(c2cc(C(=O)O)c3cc(NS(=O)(=O)c4ccc(F)cc4)ccc3n2)CC1.Cl.Cl.Cl. The molecule has 1 aromatic heterocycles. The molecule has 4 aromatic rings. The van der Waals surface area contributed by atoms with Gasteiger partial charge < -0.3 is 19.6 Å². The lowest BCUT2D eigenvalue weighted by atomic mass is 10.1. The van der Waals surface area contributed by atoms with Gasteiger partial charge in [0.25, 0.3) is 10.0 Å². The summed E-state index contributed by atoms with van der Waals surface area (Å²) in [6, 6.07) is 18.3. The Morgan fingerprint density at radius 3 is 2.20 bits per heavy atom. The molecule has 0 aliphatic carbocycles. The number of hydrogen-bond acceptors (Lipinski definition) is 7. The van der Waals surface area contributed by atoms with Gasteiger partial charge in [-0.05, 0) is 60.7 Å². The van der Waals surface area contributed by atoms with E-state index in [4.69, 9.17) is 4.74 Å². The van der Waals surface area contributed by atoms with Gasteiger partial charge in [-0.3, -0.25) is 4.72 Å². The zero-order chi connectivity index (χ0) is 26.9. The quantitative estimate of drug-likeness (QED) is 0.272. The Kier molecular flexibility index (Phi) is 11.4. The summed E-state index contributed by atoms with van der Waals surface area (Å²) in [6.45, 7) is 2.66. The number of aromatic nitrogens is 1. The minimum Gasteiger partial charge on any atom is -0.495 e. The maximum atomic E-state index is 13.2. The molecular weight excluding hydrogens is 618 g/mol. The smallest absolute Gasteiger partial charge is 0.336 e. The van der Waals surface area contributed by atoms with Gasteiger partial charge >= 0.3 is 5.97 Å². The molecule has 0 bridgehead atoms. The third-order valence-corrected chi connectivity index (χ3v) is 7.83. The summed E-state index contributed by atoms with van der Waals surface area (Å²) in [5.74, 6) is -0.369. The fourth-order valence-corrected chi connectivity index (χ4v) is 5.56. The number of sulfonamides is 1. The number of hydrogen-bond donors (Lipinski definition) is 2. The number of halogens is 4. The van der Waals surface area contributed by atoms with Crippen molar-refractivity contribution in [1.82, 2.24) is 4.98 Å². The molecule has 0 radical (unpaired) electrons. The topological polar surface area (TPSA) is 112 Å². The molecule has 9 nitrogen and oxygen atoms in total. The fraction of sp³-hybridized carbons (Fsp3) is 0.185. The van der Waals surface area contributed by atoms with Crippen LogP contribution in [0.2, 0.25) is 0 Å². The lowest BCUT2D eigenvalue weighted by Crippen LogP contribution is -2.47. The van der Waals surface area contributed by atoms with Gasteiger partial charge in [0.15, 0.2) is 0 Å². The number of piperazine rings is 1. The van der Waals surface area contributed by atoms with Gasteiger partial charge in [-0.2, -0.15) is 0 Å². The Morgan fingerprint density at radius 1 is 0.927 bits per heavy atom. The van der Waals surface area contributed by atoms with E-state index in [1.165, 1.54) is 18.2 Å². The zero-order valence-corrected chi connectivity index (χ0v) is 25.0. The van der Waals surface area contributed by atoms with Crippen LogP contribution >= 0.6 is 37.2 Å². The van der Waals surface area contributed by atoms with Crippen molar-refractivity contribution in [3.63, 3.8) is 0 Å². The van der Waals surface area contributed by atoms with Crippen molar-refractivity contribution in [2.24, 2.45) is 0 Å². The van der Waals surface area contributed by atoms with E-state index < -0.39 is 21.8 Å². The minimum absolute atomic E-state index is 0. The summed E-state index contributed by atoms with van der Waals surface area (Å²) in [5, 5.41) is 10.2. The zero-order valence-electron chi connectivity index (χ0n) is 21.7. The van der Waals surface area contributed by atoms with Gasteiger partial charge in [-0.25, -0.2) is 22.6 Å². The van der Waals surface area contributed by atoms with Crippen molar-refractivity contribution in [3.05, 3.63) is 84.2 Å². The lowest BCUT2D eigenvalue weighted by Gasteiger charge is -2.37. The number of benzene rings is 3. The van der Waals surface area contributed by atoms with Crippen molar-refractivity contribution in [1.29, 1.82) is 0 Å².